The first kappa shape index (κ1) is 31.5. The highest BCUT2D eigenvalue weighted by molar-refractivity contribution is 6.00. The molecule has 2 aromatic rings. The van der Waals surface area contributed by atoms with Crippen LogP contribution >= 0.6 is 0 Å². The quantitative estimate of drug-likeness (QED) is 0.485. The molecule has 4 aliphatic rings. The van der Waals surface area contributed by atoms with E-state index in [0.717, 1.165) is 44.5 Å². The van der Waals surface area contributed by atoms with Gasteiger partial charge in [0.05, 0.1) is 13.2 Å². The number of piperidine rings is 1. The zero-order chi connectivity index (χ0) is 31.9. The van der Waals surface area contributed by atoms with Gasteiger partial charge in [-0.1, -0.05) is 50.2 Å². The van der Waals surface area contributed by atoms with Crippen LogP contribution in [0.2, 0.25) is 0 Å². The Labute approximate surface area is 267 Å². The number of rotatable bonds is 7. The number of piperazine rings is 1. The lowest BCUT2D eigenvalue weighted by Crippen LogP contribution is -2.67. The fourth-order valence-electron chi connectivity index (χ4n) is 7.51. The Morgan fingerprint density at radius 3 is 2.13 bits per heavy atom. The molecular formula is C36H48N4O5. The maximum absolute atomic E-state index is 14.6. The Morgan fingerprint density at radius 2 is 1.58 bits per heavy atom. The second kappa shape index (κ2) is 12.4. The molecule has 3 heterocycles. The fourth-order valence-corrected chi connectivity index (χ4v) is 7.51. The van der Waals surface area contributed by atoms with E-state index in [1.54, 1.807) is 4.90 Å². The fraction of sp³-hybridized carbons (Fsp3) is 0.583. The number of carbonyl (C=O) groups is 3. The van der Waals surface area contributed by atoms with Gasteiger partial charge in [-0.25, -0.2) is 0 Å². The zero-order valence-electron chi connectivity index (χ0n) is 27.3. The normalized spacial score (nSPS) is 24.2. The molecule has 1 spiro atoms. The largest absolute Gasteiger partial charge is 0.371 e. The first-order valence-electron chi connectivity index (χ1n) is 16.6. The van der Waals surface area contributed by atoms with Crippen molar-refractivity contribution in [2.24, 2.45) is 11.8 Å². The summed E-state index contributed by atoms with van der Waals surface area (Å²) in [5.41, 5.74) is 3.65. The standard InChI is InChI=1S/C36H48N4O5/c1-23(2)20-29-32(41)37-30(27-21-25-8-6-7-9-26(25)22-27)34(43)40(29)31(33(42)38-35(3,4)5)24-10-12-28(13-11-24)39-16-14-36(15-17-39)44-18-19-45-36/h6-13,23,27,29-31H,14-22H2,1-5H3,(H,37,41)(H,38,42)/t29-,30-,31-/m1/s1. The van der Waals surface area contributed by atoms with Crippen LogP contribution in [0.4, 0.5) is 5.69 Å². The maximum atomic E-state index is 14.6. The van der Waals surface area contributed by atoms with Crippen LogP contribution in [0.15, 0.2) is 48.5 Å². The van der Waals surface area contributed by atoms with Crippen LogP contribution in [-0.4, -0.2) is 72.3 Å². The van der Waals surface area contributed by atoms with Crippen LogP contribution in [0, 0.1) is 11.8 Å². The smallest absolute Gasteiger partial charge is 0.247 e. The van der Waals surface area contributed by atoms with E-state index >= 15 is 0 Å². The minimum atomic E-state index is -0.947. The van der Waals surface area contributed by atoms with E-state index in [-0.39, 0.29) is 29.6 Å². The predicted octanol–water partition coefficient (Wildman–Crippen LogP) is 4.14. The molecule has 9 nitrogen and oxygen atoms in total. The minimum Gasteiger partial charge on any atom is -0.371 e. The molecule has 0 saturated carbocycles. The lowest BCUT2D eigenvalue weighted by atomic mass is 9.87. The number of hydrogen-bond acceptors (Lipinski definition) is 6. The van der Waals surface area contributed by atoms with Crippen molar-refractivity contribution in [3.05, 3.63) is 65.2 Å². The Kier molecular flexibility index (Phi) is 8.69. The third kappa shape index (κ3) is 6.61. The van der Waals surface area contributed by atoms with Crippen LogP contribution in [0.1, 0.15) is 76.6 Å². The van der Waals surface area contributed by atoms with Crippen molar-refractivity contribution >= 4 is 23.4 Å². The summed E-state index contributed by atoms with van der Waals surface area (Å²) in [5, 5.41) is 6.23. The molecule has 2 N–H and O–H groups in total. The molecule has 3 fully saturated rings. The molecule has 3 aliphatic heterocycles. The van der Waals surface area contributed by atoms with Crippen molar-refractivity contribution in [1.82, 2.24) is 15.5 Å². The Morgan fingerprint density at radius 1 is 0.978 bits per heavy atom. The highest BCUT2D eigenvalue weighted by Gasteiger charge is 2.50. The molecule has 45 heavy (non-hydrogen) atoms. The molecule has 0 aromatic heterocycles. The van der Waals surface area contributed by atoms with E-state index in [4.69, 9.17) is 9.47 Å². The van der Waals surface area contributed by atoms with Gasteiger partial charge in [0.25, 0.3) is 0 Å². The van der Waals surface area contributed by atoms with Crippen molar-refractivity contribution in [3.8, 4) is 0 Å². The van der Waals surface area contributed by atoms with E-state index in [1.807, 2.05) is 71.0 Å². The number of benzene rings is 2. The lowest BCUT2D eigenvalue weighted by Gasteiger charge is -2.45. The summed E-state index contributed by atoms with van der Waals surface area (Å²) in [4.78, 5) is 46.6. The number of amides is 3. The molecule has 3 amide bonds. The molecule has 0 radical (unpaired) electrons. The van der Waals surface area contributed by atoms with Gasteiger partial charge < -0.3 is 29.9 Å². The second-order valence-electron chi connectivity index (χ2n) is 14.6. The van der Waals surface area contributed by atoms with Gasteiger partial charge in [-0.3, -0.25) is 14.4 Å². The maximum Gasteiger partial charge on any atom is 0.247 e. The monoisotopic (exact) mass is 616 g/mol. The zero-order valence-corrected chi connectivity index (χ0v) is 27.3. The van der Waals surface area contributed by atoms with Crippen molar-refractivity contribution in [3.63, 3.8) is 0 Å². The van der Waals surface area contributed by atoms with Gasteiger partial charge in [-0.05, 0) is 80.7 Å². The van der Waals surface area contributed by atoms with E-state index in [0.29, 0.717) is 25.2 Å². The number of carbonyl (C=O) groups excluding carboxylic acids is 3. The first-order chi connectivity index (χ1) is 21.4. The molecule has 0 bridgehead atoms. The second-order valence-corrected chi connectivity index (χ2v) is 14.6. The average molecular weight is 617 g/mol. The van der Waals surface area contributed by atoms with Crippen LogP contribution in [-0.2, 0) is 36.7 Å². The molecule has 242 valence electrons. The summed E-state index contributed by atoms with van der Waals surface area (Å²) in [6.07, 6.45) is 3.50. The molecule has 0 unspecified atom stereocenters. The van der Waals surface area contributed by atoms with Crippen molar-refractivity contribution in [2.75, 3.05) is 31.2 Å². The molecule has 1 aliphatic carbocycles. The number of fused-ring (bicyclic) bond motifs is 1. The number of ether oxygens (including phenoxy) is 2. The van der Waals surface area contributed by atoms with Gasteiger partial charge in [0.2, 0.25) is 17.7 Å². The van der Waals surface area contributed by atoms with E-state index < -0.39 is 29.5 Å². The van der Waals surface area contributed by atoms with Crippen LogP contribution in [0.3, 0.4) is 0 Å². The first-order valence-corrected chi connectivity index (χ1v) is 16.6. The van der Waals surface area contributed by atoms with Crippen molar-refractivity contribution in [1.29, 1.82) is 0 Å². The average Bonchev–Trinajstić information content (AvgIpc) is 3.63. The Balaban J connectivity index is 1.31. The summed E-state index contributed by atoms with van der Waals surface area (Å²) >= 11 is 0. The van der Waals surface area contributed by atoms with Gasteiger partial charge in [0, 0.05) is 37.2 Å². The third-order valence-corrected chi connectivity index (χ3v) is 9.64. The highest BCUT2D eigenvalue weighted by atomic mass is 16.7. The SMILES string of the molecule is CC(C)C[C@@H]1C(=O)N[C@H](C2Cc3ccccc3C2)C(=O)N1[C@@H](C(=O)NC(C)(C)C)c1ccc(N2CCC3(CC2)OCCO3)cc1. The van der Waals surface area contributed by atoms with E-state index in [2.05, 4.69) is 27.7 Å². The van der Waals surface area contributed by atoms with Gasteiger partial charge in [0.1, 0.15) is 18.1 Å². The number of hydrogen-bond donors (Lipinski definition) is 2. The van der Waals surface area contributed by atoms with Crippen LogP contribution in [0.5, 0.6) is 0 Å². The van der Waals surface area contributed by atoms with Crippen molar-refractivity contribution < 1.29 is 23.9 Å². The number of anilines is 1. The summed E-state index contributed by atoms with van der Waals surface area (Å²) in [7, 11) is 0. The molecule has 2 aromatic carbocycles. The Bertz CT molecular complexity index is 1380. The highest BCUT2D eigenvalue weighted by Crippen LogP contribution is 2.37. The summed E-state index contributed by atoms with van der Waals surface area (Å²) in [6.45, 7) is 12.8. The van der Waals surface area contributed by atoms with Crippen molar-refractivity contribution in [2.45, 2.75) is 96.2 Å². The number of nitrogens with zero attached hydrogens (tertiary/aromatic N) is 2. The predicted molar refractivity (Wildman–Crippen MR) is 173 cm³/mol. The molecular weight excluding hydrogens is 568 g/mol. The van der Waals surface area contributed by atoms with Gasteiger partial charge >= 0.3 is 0 Å². The van der Waals surface area contributed by atoms with Crippen LogP contribution < -0.4 is 15.5 Å². The summed E-state index contributed by atoms with van der Waals surface area (Å²) in [6, 6.07) is 13.8. The lowest BCUT2D eigenvalue weighted by molar-refractivity contribution is -0.169. The van der Waals surface area contributed by atoms with Gasteiger partial charge in [0.15, 0.2) is 5.79 Å². The molecule has 3 atom stereocenters. The van der Waals surface area contributed by atoms with E-state index in [9.17, 15) is 14.4 Å². The van der Waals surface area contributed by atoms with E-state index in [1.165, 1.54) is 11.1 Å². The van der Waals surface area contributed by atoms with Gasteiger partial charge in [-0.15, -0.1) is 0 Å². The molecule has 3 saturated heterocycles. The van der Waals surface area contributed by atoms with Gasteiger partial charge in [-0.2, -0.15) is 0 Å². The van der Waals surface area contributed by atoms with Crippen LogP contribution in [0.25, 0.3) is 0 Å². The molecule has 9 heteroatoms. The topological polar surface area (TPSA) is 100 Å². The summed E-state index contributed by atoms with van der Waals surface area (Å²) < 4.78 is 11.8. The molecule has 6 rings (SSSR count). The summed E-state index contributed by atoms with van der Waals surface area (Å²) in [5.74, 6) is -1.03. The number of nitrogens with one attached hydrogen (secondary N) is 2. The minimum absolute atomic E-state index is 0.0646. The Hall–Kier alpha value is -3.43. The third-order valence-electron chi connectivity index (χ3n) is 9.64.